The van der Waals surface area contributed by atoms with Crippen LogP contribution in [0.25, 0.3) is 21.1 Å². The van der Waals surface area contributed by atoms with E-state index in [0.717, 1.165) is 29.3 Å². The first kappa shape index (κ1) is 18.8. The average molecular weight is 496 g/mol. The third-order valence-electron chi connectivity index (χ3n) is 3.52. The van der Waals surface area contributed by atoms with Gasteiger partial charge in [-0.05, 0) is 54.8 Å². The Morgan fingerprint density at radius 2 is 1.62 bits per heavy atom. The van der Waals surface area contributed by atoms with Crippen molar-refractivity contribution in [3.63, 3.8) is 0 Å². The van der Waals surface area contributed by atoms with Gasteiger partial charge in [-0.2, -0.15) is 0 Å². The zero-order chi connectivity index (χ0) is 18.8. The Morgan fingerprint density at radius 3 is 2.27 bits per heavy atom. The van der Waals surface area contributed by atoms with E-state index < -0.39 is 5.97 Å². The van der Waals surface area contributed by atoms with Gasteiger partial charge in [-0.1, -0.05) is 37.9 Å². The summed E-state index contributed by atoms with van der Waals surface area (Å²) in [6.45, 7) is 1.60. The molecule has 7 heteroatoms. The van der Waals surface area contributed by atoms with E-state index in [1.807, 2.05) is 30.3 Å². The van der Waals surface area contributed by atoms with E-state index >= 15 is 0 Å². The summed E-state index contributed by atoms with van der Waals surface area (Å²) in [5.74, 6) is -0.947. The number of aromatic carboxylic acids is 1. The number of halogens is 2. The summed E-state index contributed by atoms with van der Waals surface area (Å²) in [5, 5.41) is 10.6. The first-order valence-corrected chi connectivity index (χ1v) is 9.86. The van der Waals surface area contributed by atoms with Crippen molar-refractivity contribution in [3.8, 4) is 0 Å². The van der Waals surface area contributed by atoms with Crippen LogP contribution < -0.4 is 0 Å². The first-order chi connectivity index (χ1) is 12.3. The lowest BCUT2D eigenvalue weighted by Crippen LogP contribution is -1.91. The van der Waals surface area contributed by atoms with E-state index in [9.17, 15) is 9.59 Å². The molecule has 26 heavy (non-hydrogen) atoms. The molecule has 2 aromatic heterocycles. The van der Waals surface area contributed by atoms with Crippen molar-refractivity contribution < 1.29 is 19.1 Å². The molecule has 0 fully saturated rings. The number of fused-ring (bicyclic) bond motifs is 2. The van der Waals surface area contributed by atoms with Crippen molar-refractivity contribution in [3.05, 3.63) is 68.1 Å². The Labute approximate surface area is 169 Å². The number of hydrogen-bond donors (Lipinski definition) is 1. The summed E-state index contributed by atoms with van der Waals surface area (Å²) in [6, 6.07) is 14.9. The Hall–Kier alpha value is -1.96. The third kappa shape index (κ3) is 4.23. The Balaban J connectivity index is 0.000000151. The molecule has 0 spiro atoms. The zero-order valence-electron chi connectivity index (χ0n) is 13.5. The van der Waals surface area contributed by atoms with Gasteiger partial charge in [-0.3, -0.25) is 4.79 Å². The monoisotopic (exact) mass is 494 g/mol. The second-order valence-corrected chi connectivity index (χ2v) is 8.36. The van der Waals surface area contributed by atoms with Crippen LogP contribution in [0.4, 0.5) is 0 Å². The van der Waals surface area contributed by atoms with Crippen molar-refractivity contribution in [2.75, 3.05) is 0 Å². The van der Waals surface area contributed by atoms with Crippen LogP contribution in [0.5, 0.6) is 0 Å². The highest BCUT2D eigenvalue weighted by Gasteiger charge is 2.09. The lowest BCUT2D eigenvalue weighted by atomic mass is 10.2. The van der Waals surface area contributed by atoms with Gasteiger partial charge >= 0.3 is 5.97 Å². The molecule has 0 aliphatic carbocycles. The van der Waals surface area contributed by atoms with Gasteiger partial charge < -0.3 is 9.52 Å². The molecule has 4 aromatic rings. The normalized spacial score (nSPS) is 10.6. The van der Waals surface area contributed by atoms with Crippen LogP contribution in [0.15, 0.2) is 61.9 Å². The SMILES string of the molecule is CC(=O)c1cc2ccc(Br)cc2s1.O=C(O)c1cc2ccc(Br)cc2o1. The minimum atomic E-state index is -1.05. The summed E-state index contributed by atoms with van der Waals surface area (Å²) >= 11 is 8.21. The Bertz CT molecular complexity index is 1040. The number of furan rings is 1. The van der Waals surface area contributed by atoms with Crippen LogP contribution in [0.3, 0.4) is 0 Å². The van der Waals surface area contributed by atoms with E-state index in [0.29, 0.717) is 5.58 Å². The first-order valence-electron chi connectivity index (χ1n) is 7.46. The second kappa shape index (κ2) is 7.73. The van der Waals surface area contributed by atoms with Crippen LogP contribution in [0.2, 0.25) is 0 Å². The summed E-state index contributed by atoms with van der Waals surface area (Å²) in [6.07, 6.45) is 0. The predicted octanol–water partition coefficient (Wildman–Crippen LogP) is 6.76. The number of carboxylic acids is 1. The molecular formula is C19H12Br2O4S. The summed E-state index contributed by atoms with van der Waals surface area (Å²) in [4.78, 5) is 22.5. The number of hydrogen-bond acceptors (Lipinski definition) is 4. The lowest BCUT2D eigenvalue weighted by Gasteiger charge is -1.88. The molecular weight excluding hydrogens is 484 g/mol. The molecule has 0 saturated heterocycles. The smallest absolute Gasteiger partial charge is 0.371 e. The largest absolute Gasteiger partial charge is 0.475 e. The maximum Gasteiger partial charge on any atom is 0.371 e. The van der Waals surface area contributed by atoms with Crippen LogP contribution in [-0.2, 0) is 0 Å². The van der Waals surface area contributed by atoms with Crippen molar-refractivity contribution in [2.24, 2.45) is 0 Å². The number of carbonyl (C=O) groups is 2. The molecule has 4 rings (SSSR count). The number of rotatable bonds is 2. The molecule has 0 aliphatic rings. The summed E-state index contributed by atoms with van der Waals surface area (Å²) < 4.78 is 8.15. The van der Waals surface area contributed by atoms with Crippen molar-refractivity contribution in [2.45, 2.75) is 6.92 Å². The summed E-state index contributed by atoms with van der Waals surface area (Å²) in [5.41, 5.74) is 0.576. The zero-order valence-corrected chi connectivity index (χ0v) is 17.4. The van der Waals surface area contributed by atoms with Gasteiger partial charge in [-0.15, -0.1) is 11.3 Å². The number of Topliss-reactive ketones (excluding diaryl/α,β-unsaturated/α-hetero) is 1. The molecule has 0 saturated carbocycles. The van der Waals surface area contributed by atoms with Crippen LogP contribution in [0.1, 0.15) is 27.2 Å². The fraction of sp³-hybridized carbons (Fsp3) is 0.0526. The van der Waals surface area contributed by atoms with E-state index in [-0.39, 0.29) is 11.5 Å². The standard InChI is InChI=1S/C10H7BrOS.C9H5BrO3/c1-6(12)9-4-7-2-3-8(11)5-10(7)13-9;10-6-2-1-5-3-8(9(11)12)13-7(5)4-6/h2-5H,1H3;1-4H,(H,11,12). The van der Waals surface area contributed by atoms with Gasteiger partial charge in [-0.25, -0.2) is 4.79 Å². The highest BCUT2D eigenvalue weighted by Crippen LogP contribution is 2.28. The van der Waals surface area contributed by atoms with Gasteiger partial charge in [0.2, 0.25) is 5.76 Å². The lowest BCUT2D eigenvalue weighted by molar-refractivity contribution is 0.0664. The predicted molar refractivity (Wildman–Crippen MR) is 110 cm³/mol. The van der Waals surface area contributed by atoms with Gasteiger partial charge in [0.05, 0.1) is 4.88 Å². The van der Waals surface area contributed by atoms with E-state index in [1.54, 1.807) is 19.1 Å². The van der Waals surface area contributed by atoms with E-state index in [1.165, 1.54) is 17.4 Å². The summed E-state index contributed by atoms with van der Waals surface area (Å²) in [7, 11) is 0. The molecule has 1 N–H and O–H groups in total. The molecule has 0 amide bonds. The fourth-order valence-corrected chi connectivity index (χ4v) is 4.14. The molecule has 0 radical (unpaired) electrons. The van der Waals surface area contributed by atoms with Crippen molar-refractivity contribution in [1.82, 2.24) is 0 Å². The second-order valence-electron chi connectivity index (χ2n) is 5.45. The molecule has 0 bridgehead atoms. The van der Waals surface area contributed by atoms with Crippen LogP contribution in [0, 0.1) is 0 Å². The molecule has 0 aliphatic heterocycles. The molecule has 2 aromatic carbocycles. The highest BCUT2D eigenvalue weighted by molar-refractivity contribution is 9.10. The van der Waals surface area contributed by atoms with E-state index in [2.05, 4.69) is 31.9 Å². The maximum absolute atomic E-state index is 11.1. The molecule has 4 nitrogen and oxygen atoms in total. The number of carbonyl (C=O) groups excluding carboxylic acids is 1. The average Bonchev–Trinajstić information content (AvgIpc) is 3.18. The number of thiophene rings is 1. The van der Waals surface area contributed by atoms with Crippen LogP contribution >= 0.6 is 43.2 Å². The highest BCUT2D eigenvalue weighted by atomic mass is 79.9. The fourth-order valence-electron chi connectivity index (χ4n) is 2.29. The van der Waals surface area contributed by atoms with Gasteiger partial charge in [0.1, 0.15) is 5.58 Å². The minimum absolute atomic E-state index is 0.0342. The minimum Gasteiger partial charge on any atom is -0.475 e. The number of ketones is 1. The molecule has 0 atom stereocenters. The maximum atomic E-state index is 11.1. The van der Waals surface area contributed by atoms with Crippen molar-refractivity contribution >= 4 is 76.0 Å². The van der Waals surface area contributed by atoms with Gasteiger partial charge in [0.25, 0.3) is 0 Å². The molecule has 132 valence electrons. The molecule has 2 heterocycles. The van der Waals surface area contributed by atoms with E-state index in [4.69, 9.17) is 9.52 Å². The van der Waals surface area contributed by atoms with Crippen LogP contribution in [-0.4, -0.2) is 16.9 Å². The molecule has 0 unspecified atom stereocenters. The Kier molecular flexibility index (Phi) is 5.60. The van der Waals surface area contributed by atoms with Gasteiger partial charge in [0.15, 0.2) is 5.78 Å². The number of carboxylic acid groups (broad SMARTS) is 1. The Morgan fingerprint density at radius 1 is 0.962 bits per heavy atom. The quantitative estimate of drug-likeness (QED) is 0.312. The van der Waals surface area contributed by atoms with Crippen molar-refractivity contribution in [1.29, 1.82) is 0 Å². The third-order valence-corrected chi connectivity index (χ3v) is 5.71. The van der Waals surface area contributed by atoms with Gasteiger partial charge in [0, 0.05) is 19.0 Å². The topological polar surface area (TPSA) is 67.5 Å². The number of benzene rings is 2.